The molecule has 2 aromatic rings. The zero-order chi connectivity index (χ0) is 14.3. The molecule has 0 unspecified atom stereocenters. The van der Waals surface area contributed by atoms with Gasteiger partial charge in [-0.05, 0) is 42.0 Å². The SMILES string of the molecule is CC1(C)CC(NC(=O)Cc2c[nH]c3cc(F)ccc23)C1. The van der Waals surface area contributed by atoms with Crippen molar-refractivity contribution in [2.75, 3.05) is 0 Å². The molecule has 0 atom stereocenters. The molecule has 1 aliphatic carbocycles. The lowest BCUT2D eigenvalue weighted by atomic mass is 9.68. The van der Waals surface area contributed by atoms with Crippen LogP contribution in [0.3, 0.4) is 0 Å². The van der Waals surface area contributed by atoms with Crippen molar-refractivity contribution in [2.45, 2.75) is 39.2 Å². The number of aromatic nitrogens is 1. The molecule has 3 rings (SSSR count). The molecule has 4 heteroatoms. The first kappa shape index (κ1) is 13.2. The molecule has 1 aliphatic rings. The highest BCUT2D eigenvalue weighted by atomic mass is 19.1. The molecule has 1 fully saturated rings. The molecule has 0 spiro atoms. The Kier molecular flexibility index (Phi) is 3.04. The summed E-state index contributed by atoms with van der Waals surface area (Å²) >= 11 is 0. The smallest absolute Gasteiger partial charge is 0.224 e. The van der Waals surface area contributed by atoms with Gasteiger partial charge < -0.3 is 10.3 Å². The molecule has 1 heterocycles. The predicted molar refractivity (Wildman–Crippen MR) is 76.9 cm³/mol. The van der Waals surface area contributed by atoms with Gasteiger partial charge in [0.1, 0.15) is 5.82 Å². The van der Waals surface area contributed by atoms with Gasteiger partial charge in [-0.1, -0.05) is 13.8 Å². The second-order valence-corrected chi connectivity index (χ2v) is 6.52. The van der Waals surface area contributed by atoms with Crippen LogP contribution in [0.4, 0.5) is 4.39 Å². The molecule has 1 amide bonds. The summed E-state index contributed by atoms with van der Waals surface area (Å²) in [5.74, 6) is -0.234. The molecular weight excluding hydrogens is 255 g/mol. The molecule has 0 bridgehead atoms. The lowest BCUT2D eigenvalue weighted by Gasteiger charge is -2.42. The molecule has 106 valence electrons. The van der Waals surface area contributed by atoms with Crippen molar-refractivity contribution in [3.05, 3.63) is 35.8 Å². The van der Waals surface area contributed by atoms with E-state index in [1.165, 1.54) is 12.1 Å². The predicted octanol–water partition coefficient (Wildman–Crippen LogP) is 3.15. The number of fused-ring (bicyclic) bond motifs is 1. The Morgan fingerprint density at radius 3 is 2.90 bits per heavy atom. The van der Waals surface area contributed by atoms with Crippen molar-refractivity contribution in [3.8, 4) is 0 Å². The number of carbonyl (C=O) groups is 1. The van der Waals surface area contributed by atoms with Crippen molar-refractivity contribution in [3.63, 3.8) is 0 Å². The van der Waals surface area contributed by atoms with Gasteiger partial charge in [-0.15, -0.1) is 0 Å². The first-order chi connectivity index (χ1) is 9.43. The van der Waals surface area contributed by atoms with Gasteiger partial charge in [-0.2, -0.15) is 0 Å². The molecule has 3 nitrogen and oxygen atoms in total. The quantitative estimate of drug-likeness (QED) is 0.887. The number of benzene rings is 1. The molecule has 0 radical (unpaired) electrons. The van der Waals surface area contributed by atoms with E-state index >= 15 is 0 Å². The monoisotopic (exact) mass is 274 g/mol. The summed E-state index contributed by atoms with van der Waals surface area (Å²) in [5.41, 5.74) is 2.00. The lowest BCUT2D eigenvalue weighted by Crippen LogP contribution is -2.48. The molecular formula is C16H19FN2O. The van der Waals surface area contributed by atoms with Crippen LogP contribution < -0.4 is 5.32 Å². The highest BCUT2D eigenvalue weighted by molar-refractivity contribution is 5.89. The van der Waals surface area contributed by atoms with E-state index in [2.05, 4.69) is 24.1 Å². The van der Waals surface area contributed by atoms with Crippen molar-refractivity contribution < 1.29 is 9.18 Å². The molecule has 2 N–H and O–H groups in total. The summed E-state index contributed by atoms with van der Waals surface area (Å²) in [6, 6.07) is 4.90. The Morgan fingerprint density at radius 2 is 2.20 bits per heavy atom. The zero-order valence-corrected chi connectivity index (χ0v) is 11.8. The number of halogens is 1. The van der Waals surface area contributed by atoms with Crippen molar-refractivity contribution in [2.24, 2.45) is 5.41 Å². The van der Waals surface area contributed by atoms with Crippen LogP contribution in [-0.4, -0.2) is 16.9 Å². The second kappa shape index (κ2) is 4.62. The van der Waals surface area contributed by atoms with E-state index in [9.17, 15) is 9.18 Å². The summed E-state index contributed by atoms with van der Waals surface area (Å²) in [7, 11) is 0. The van der Waals surface area contributed by atoms with Gasteiger partial charge in [0.2, 0.25) is 5.91 Å². The van der Waals surface area contributed by atoms with E-state index in [0.717, 1.165) is 29.3 Å². The van der Waals surface area contributed by atoms with Gasteiger partial charge >= 0.3 is 0 Å². The van der Waals surface area contributed by atoms with Crippen molar-refractivity contribution in [1.29, 1.82) is 0 Å². The van der Waals surface area contributed by atoms with Gasteiger partial charge in [-0.3, -0.25) is 4.79 Å². The summed E-state index contributed by atoms with van der Waals surface area (Å²) in [4.78, 5) is 15.0. The average Bonchev–Trinajstić information content (AvgIpc) is 2.69. The average molecular weight is 274 g/mol. The number of hydrogen-bond acceptors (Lipinski definition) is 1. The molecule has 20 heavy (non-hydrogen) atoms. The number of nitrogens with one attached hydrogen (secondary N) is 2. The van der Waals surface area contributed by atoms with E-state index in [1.807, 2.05) is 0 Å². The fourth-order valence-corrected chi connectivity index (χ4v) is 3.13. The van der Waals surface area contributed by atoms with Gasteiger partial charge in [0.25, 0.3) is 0 Å². The minimum absolute atomic E-state index is 0.0377. The maximum absolute atomic E-state index is 13.1. The molecule has 1 aromatic heterocycles. The maximum atomic E-state index is 13.1. The van der Waals surface area contributed by atoms with Crippen LogP contribution >= 0.6 is 0 Å². The normalized spacial score (nSPS) is 17.9. The van der Waals surface area contributed by atoms with Crippen LogP contribution in [0.5, 0.6) is 0 Å². The third kappa shape index (κ3) is 2.55. The van der Waals surface area contributed by atoms with Crippen LogP contribution in [0.1, 0.15) is 32.3 Å². The summed E-state index contributed by atoms with van der Waals surface area (Å²) in [6.07, 6.45) is 4.20. The highest BCUT2D eigenvalue weighted by Crippen LogP contribution is 2.39. The van der Waals surface area contributed by atoms with E-state index in [-0.39, 0.29) is 11.7 Å². The number of hydrogen-bond donors (Lipinski definition) is 2. The molecule has 1 aromatic carbocycles. The lowest BCUT2D eigenvalue weighted by molar-refractivity contribution is -0.122. The van der Waals surface area contributed by atoms with Crippen LogP contribution in [0.25, 0.3) is 10.9 Å². The largest absolute Gasteiger partial charge is 0.361 e. The first-order valence-electron chi connectivity index (χ1n) is 6.98. The molecule has 0 aliphatic heterocycles. The van der Waals surface area contributed by atoms with Crippen LogP contribution in [0.2, 0.25) is 0 Å². The topological polar surface area (TPSA) is 44.9 Å². The fraction of sp³-hybridized carbons (Fsp3) is 0.438. The van der Waals surface area contributed by atoms with Crippen LogP contribution in [0, 0.1) is 11.2 Å². The minimum atomic E-state index is -0.271. The molecule has 0 saturated heterocycles. The van der Waals surface area contributed by atoms with E-state index in [0.29, 0.717) is 17.9 Å². The summed E-state index contributed by atoms with van der Waals surface area (Å²) in [5, 5.41) is 3.97. The number of aromatic amines is 1. The second-order valence-electron chi connectivity index (χ2n) is 6.52. The van der Waals surface area contributed by atoms with Crippen molar-refractivity contribution in [1.82, 2.24) is 10.3 Å². The third-order valence-corrected chi connectivity index (χ3v) is 4.04. The Labute approximate surface area is 117 Å². The first-order valence-corrected chi connectivity index (χ1v) is 6.98. The van der Waals surface area contributed by atoms with Gasteiger partial charge in [-0.25, -0.2) is 4.39 Å². The highest BCUT2D eigenvalue weighted by Gasteiger charge is 2.36. The standard InChI is InChI=1S/C16H19FN2O/c1-16(2)7-12(8-16)19-15(20)5-10-9-18-14-6-11(17)3-4-13(10)14/h3-4,6,9,12,18H,5,7-8H2,1-2H3,(H,19,20). The number of H-pyrrole nitrogens is 1. The number of carbonyl (C=O) groups excluding carboxylic acids is 1. The van der Waals surface area contributed by atoms with E-state index in [1.54, 1.807) is 12.3 Å². The van der Waals surface area contributed by atoms with Crippen LogP contribution in [0.15, 0.2) is 24.4 Å². The Morgan fingerprint density at radius 1 is 1.45 bits per heavy atom. The zero-order valence-electron chi connectivity index (χ0n) is 11.8. The maximum Gasteiger partial charge on any atom is 0.224 e. The Bertz CT molecular complexity index is 652. The Balaban J connectivity index is 1.66. The van der Waals surface area contributed by atoms with E-state index in [4.69, 9.17) is 0 Å². The number of rotatable bonds is 3. The molecule has 1 saturated carbocycles. The van der Waals surface area contributed by atoms with E-state index < -0.39 is 0 Å². The van der Waals surface area contributed by atoms with Gasteiger partial charge in [0.15, 0.2) is 0 Å². The Hall–Kier alpha value is -1.84. The third-order valence-electron chi connectivity index (χ3n) is 4.04. The van der Waals surface area contributed by atoms with Gasteiger partial charge in [0, 0.05) is 23.1 Å². The summed E-state index contributed by atoms with van der Waals surface area (Å²) in [6.45, 7) is 4.42. The fourth-order valence-electron chi connectivity index (χ4n) is 3.13. The van der Waals surface area contributed by atoms with Crippen LogP contribution in [-0.2, 0) is 11.2 Å². The van der Waals surface area contributed by atoms with Crippen molar-refractivity contribution >= 4 is 16.8 Å². The summed E-state index contributed by atoms with van der Waals surface area (Å²) < 4.78 is 13.1. The number of amides is 1. The minimum Gasteiger partial charge on any atom is -0.361 e. The van der Waals surface area contributed by atoms with Gasteiger partial charge in [0.05, 0.1) is 6.42 Å².